The van der Waals surface area contributed by atoms with Crippen LogP contribution >= 0.6 is 0 Å². The van der Waals surface area contributed by atoms with Crippen molar-refractivity contribution in [2.45, 2.75) is 53.2 Å². The topological polar surface area (TPSA) is 76.7 Å². The first-order chi connectivity index (χ1) is 9.95. The van der Waals surface area contributed by atoms with Gasteiger partial charge in [-0.05, 0) is 18.3 Å². The Labute approximate surface area is 124 Å². The molecule has 21 heavy (non-hydrogen) atoms. The lowest BCUT2D eigenvalue weighted by Gasteiger charge is -2.08. The van der Waals surface area contributed by atoms with Crippen LogP contribution in [-0.2, 0) is 22.6 Å². The van der Waals surface area contributed by atoms with Crippen LogP contribution in [0.1, 0.15) is 45.6 Å². The van der Waals surface area contributed by atoms with E-state index in [9.17, 15) is 4.79 Å². The molecule has 1 N–H and O–H groups in total. The number of carbonyl (C=O) groups is 1. The Hall–Kier alpha value is -1.85. The van der Waals surface area contributed by atoms with Gasteiger partial charge < -0.3 is 14.7 Å². The van der Waals surface area contributed by atoms with Gasteiger partial charge in [0.15, 0.2) is 5.76 Å². The summed E-state index contributed by atoms with van der Waals surface area (Å²) < 4.78 is 5.20. The standard InChI is InChI=1S/C15H23N3O3/c1-9(2)5-11-6-12(20-17-11)8-16-15(19)14-7-13(10(3)4)18-21-14/h6,9-10,14H,5,7-8H2,1-4H3,(H,16,19). The van der Waals surface area contributed by atoms with E-state index in [1.54, 1.807) is 0 Å². The maximum absolute atomic E-state index is 12.0. The molecule has 2 heterocycles. The normalized spacial score (nSPS) is 18.0. The highest BCUT2D eigenvalue weighted by molar-refractivity contribution is 5.93. The number of hydrogen-bond donors (Lipinski definition) is 1. The number of hydrogen-bond acceptors (Lipinski definition) is 5. The van der Waals surface area contributed by atoms with Gasteiger partial charge in [-0.1, -0.05) is 38.0 Å². The van der Waals surface area contributed by atoms with Crippen LogP contribution < -0.4 is 5.32 Å². The lowest BCUT2D eigenvalue weighted by Crippen LogP contribution is -2.34. The van der Waals surface area contributed by atoms with Gasteiger partial charge in [-0.3, -0.25) is 4.79 Å². The van der Waals surface area contributed by atoms with Gasteiger partial charge >= 0.3 is 0 Å². The summed E-state index contributed by atoms with van der Waals surface area (Å²) in [5.74, 6) is 1.31. The van der Waals surface area contributed by atoms with E-state index in [-0.39, 0.29) is 5.91 Å². The van der Waals surface area contributed by atoms with E-state index in [0.29, 0.717) is 30.6 Å². The van der Waals surface area contributed by atoms with E-state index in [4.69, 9.17) is 9.36 Å². The van der Waals surface area contributed by atoms with Crippen molar-refractivity contribution in [2.75, 3.05) is 0 Å². The molecule has 1 aliphatic rings. The molecular weight excluding hydrogens is 270 g/mol. The molecule has 0 saturated carbocycles. The van der Waals surface area contributed by atoms with Gasteiger partial charge in [0.1, 0.15) is 0 Å². The van der Waals surface area contributed by atoms with E-state index in [2.05, 4.69) is 29.5 Å². The van der Waals surface area contributed by atoms with Crippen molar-refractivity contribution in [1.82, 2.24) is 10.5 Å². The lowest BCUT2D eigenvalue weighted by molar-refractivity contribution is -0.131. The SMILES string of the molecule is CC(C)Cc1cc(CNC(=O)C2CC(C(C)C)=NO2)on1. The zero-order valence-electron chi connectivity index (χ0n) is 13.0. The summed E-state index contributed by atoms with van der Waals surface area (Å²) in [5.41, 5.74) is 1.84. The number of nitrogens with zero attached hydrogens (tertiary/aromatic N) is 2. The molecule has 0 fully saturated rings. The first kappa shape index (κ1) is 15.5. The third-order valence-electron chi connectivity index (χ3n) is 3.31. The number of aromatic nitrogens is 1. The molecule has 6 nitrogen and oxygen atoms in total. The largest absolute Gasteiger partial charge is 0.382 e. The summed E-state index contributed by atoms with van der Waals surface area (Å²) in [6.07, 6.45) is 0.897. The smallest absolute Gasteiger partial charge is 0.264 e. The summed E-state index contributed by atoms with van der Waals surface area (Å²) in [5, 5.41) is 10.7. The van der Waals surface area contributed by atoms with Crippen molar-refractivity contribution >= 4 is 11.6 Å². The van der Waals surface area contributed by atoms with Crippen molar-refractivity contribution in [3.63, 3.8) is 0 Å². The minimum atomic E-state index is -0.527. The highest BCUT2D eigenvalue weighted by Gasteiger charge is 2.29. The molecule has 1 aromatic heterocycles. The first-order valence-electron chi connectivity index (χ1n) is 7.40. The predicted octanol–water partition coefficient (Wildman–Crippen LogP) is 2.29. The van der Waals surface area contributed by atoms with Gasteiger partial charge in [-0.25, -0.2) is 0 Å². The number of nitrogens with one attached hydrogen (secondary N) is 1. The van der Waals surface area contributed by atoms with Crippen molar-refractivity contribution in [3.05, 3.63) is 17.5 Å². The van der Waals surface area contributed by atoms with E-state index < -0.39 is 6.10 Å². The molecule has 0 spiro atoms. The maximum atomic E-state index is 12.0. The van der Waals surface area contributed by atoms with E-state index >= 15 is 0 Å². The zero-order chi connectivity index (χ0) is 15.4. The monoisotopic (exact) mass is 293 g/mol. The molecule has 1 aliphatic heterocycles. The third-order valence-corrected chi connectivity index (χ3v) is 3.31. The molecule has 0 aromatic carbocycles. The molecule has 0 radical (unpaired) electrons. The minimum Gasteiger partial charge on any atom is -0.382 e. The molecule has 1 amide bonds. The second-order valence-electron chi connectivity index (χ2n) is 6.14. The van der Waals surface area contributed by atoms with Gasteiger partial charge in [0.05, 0.1) is 18.0 Å². The fraction of sp³-hybridized carbons (Fsp3) is 0.667. The molecular formula is C15H23N3O3. The summed E-state index contributed by atoms with van der Waals surface area (Å²) in [7, 11) is 0. The average molecular weight is 293 g/mol. The van der Waals surface area contributed by atoms with Gasteiger partial charge in [0.25, 0.3) is 5.91 Å². The van der Waals surface area contributed by atoms with Crippen molar-refractivity contribution < 1.29 is 14.2 Å². The molecule has 0 saturated heterocycles. The Morgan fingerprint density at radius 1 is 1.43 bits per heavy atom. The molecule has 0 aliphatic carbocycles. The second kappa shape index (κ2) is 6.74. The van der Waals surface area contributed by atoms with Crippen LogP contribution in [0.5, 0.6) is 0 Å². The van der Waals surface area contributed by atoms with Crippen LogP contribution in [-0.4, -0.2) is 22.9 Å². The Kier molecular flexibility index (Phi) is 4.98. The fourth-order valence-electron chi connectivity index (χ4n) is 2.12. The van der Waals surface area contributed by atoms with Gasteiger partial charge in [0.2, 0.25) is 6.10 Å². The molecule has 2 rings (SSSR count). The maximum Gasteiger partial charge on any atom is 0.264 e. The Morgan fingerprint density at radius 3 is 2.81 bits per heavy atom. The second-order valence-corrected chi connectivity index (χ2v) is 6.14. The third kappa shape index (κ3) is 4.31. The summed E-state index contributed by atoms with van der Waals surface area (Å²) in [4.78, 5) is 17.2. The zero-order valence-corrected chi connectivity index (χ0v) is 13.0. The van der Waals surface area contributed by atoms with Crippen LogP contribution in [0.25, 0.3) is 0 Å². The summed E-state index contributed by atoms with van der Waals surface area (Å²) in [6.45, 7) is 8.64. The molecule has 116 valence electrons. The van der Waals surface area contributed by atoms with Crippen molar-refractivity contribution in [2.24, 2.45) is 17.0 Å². The van der Waals surface area contributed by atoms with Crippen LogP contribution in [0.4, 0.5) is 0 Å². The van der Waals surface area contributed by atoms with Crippen LogP contribution in [0.2, 0.25) is 0 Å². The highest BCUT2D eigenvalue weighted by Crippen LogP contribution is 2.16. The Morgan fingerprint density at radius 2 is 2.19 bits per heavy atom. The summed E-state index contributed by atoms with van der Waals surface area (Å²) in [6, 6.07) is 1.88. The average Bonchev–Trinajstić information content (AvgIpc) is 3.04. The number of amides is 1. The van der Waals surface area contributed by atoms with Crippen molar-refractivity contribution in [3.8, 4) is 0 Å². The molecule has 6 heteroatoms. The molecule has 0 bridgehead atoms. The summed E-state index contributed by atoms with van der Waals surface area (Å²) >= 11 is 0. The number of carbonyl (C=O) groups excluding carboxylic acids is 1. The predicted molar refractivity (Wildman–Crippen MR) is 78.7 cm³/mol. The van der Waals surface area contributed by atoms with E-state index in [0.717, 1.165) is 17.8 Å². The lowest BCUT2D eigenvalue weighted by atomic mass is 10.0. The van der Waals surface area contributed by atoms with Crippen LogP contribution in [0.15, 0.2) is 15.7 Å². The quantitative estimate of drug-likeness (QED) is 0.873. The Balaban J connectivity index is 1.78. The van der Waals surface area contributed by atoms with Crippen LogP contribution in [0, 0.1) is 11.8 Å². The molecule has 1 unspecified atom stereocenters. The Bertz CT molecular complexity index is 520. The molecule has 1 atom stereocenters. The van der Waals surface area contributed by atoms with Crippen molar-refractivity contribution in [1.29, 1.82) is 0 Å². The molecule has 1 aromatic rings. The number of rotatable bonds is 6. The van der Waals surface area contributed by atoms with Crippen LogP contribution in [0.3, 0.4) is 0 Å². The van der Waals surface area contributed by atoms with Gasteiger partial charge in [-0.15, -0.1) is 0 Å². The number of oxime groups is 1. The van der Waals surface area contributed by atoms with Gasteiger partial charge in [0, 0.05) is 12.5 Å². The van der Waals surface area contributed by atoms with Gasteiger partial charge in [-0.2, -0.15) is 0 Å². The minimum absolute atomic E-state index is 0.170. The van der Waals surface area contributed by atoms with E-state index in [1.807, 2.05) is 19.9 Å². The fourth-order valence-corrected chi connectivity index (χ4v) is 2.12. The first-order valence-corrected chi connectivity index (χ1v) is 7.40. The van der Waals surface area contributed by atoms with E-state index in [1.165, 1.54) is 0 Å². The highest BCUT2D eigenvalue weighted by atomic mass is 16.6.